The van der Waals surface area contributed by atoms with Gasteiger partial charge in [0, 0.05) is 25.4 Å². The van der Waals surface area contributed by atoms with Gasteiger partial charge >= 0.3 is 0 Å². The van der Waals surface area contributed by atoms with Crippen molar-refractivity contribution in [3.63, 3.8) is 0 Å². The minimum atomic E-state index is 0.538. The van der Waals surface area contributed by atoms with Gasteiger partial charge in [0.2, 0.25) is 0 Å². The molecule has 0 unspecified atom stereocenters. The van der Waals surface area contributed by atoms with E-state index in [1.165, 1.54) is 25.7 Å². The molecule has 5 nitrogen and oxygen atoms in total. The van der Waals surface area contributed by atoms with Crippen LogP contribution >= 0.6 is 22.6 Å². The summed E-state index contributed by atoms with van der Waals surface area (Å²) in [6, 6.07) is 0. The summed E-state index contributed by atoms with van der Waals surface area (Å²) in [5.41, 5.74) is 2.18. The largest absolute Gasteiger partial charge is 0.372 e. The lowest BCUT2D eigenvalue weighted by atomic mass is 10.0. The first-order chi connectivity index (χ1) is 10.2. The van der Waals surface area contributed by atoms with E-state index in [1.54, 1.807) is 12.4 Å². The van der Waals surface area contributed by atoms with Crippen molar-refractivity contribution in [1.82, 2.24) is 19.9 Å². The zero-order valence-corrected chi connectivity index (χ0v) is 14.4. The van der Waals surface area contributed by atoms with Gasteiger partial charge < -0.3 is 5.32 Å². The summed E-state index contributed by atoms with van der Waals surface area (Å²) >= 11 is 2.34. The van der Waals surface area contributed by atoms with E-state index in [0.29, 0.717) is 17.6 Å². The molecule has 1 aliphatic rings. The highest BCUT2D eigenvalue weighted by Gasteiger charge is 2.24. The van der Waals surface area contributed by atoms with E-state index in [-0.39, 0.29) is 0 Å². The SMILES string of the molecule is CNc1nc(-c2ncc(C)cn2)nc(C2CCCC2)c1I. The summed E-state index contributed by atoms with van der Waals surface area (Å²) in [6.45, 7) is 1.97. The Balaban J connectivity index is 2.08. The molecule has 0 spiro atoms. The lowest BCUT2D eigenvalue weighted by molar-refractivity contribution is 0.690. The number of halogens is 1. The number of hydrogen-bond acceptors (Lipinski definition) is 5. The monoisotopic (exact) mass is 395 g/mol. The summed E-state index contributed by atoms with van der Waals surface area (Å²) < 4.78 is 1.12. The van der Waals surface area contributed by atoms with Crippen LogP contribution in [0.15, 0.2) is 12.4 Å². The summed E-state index contributed by atoms with van der Waals surface area (Å²) in [6.07, 6.45) is 8.61. The summed E-state index contributed by atoms with van der Waals surface area (Å²) in [5, 5.41) is 3.17. The van der Waals surface area contributed by atoms with Gasteiger partial charge in [-0.1, -0.05) is 12.8 Å². The maximum atomic E-state index is 4.78. The van der Waals surface area contributed by atoms with Crippen LogP contribution in [0.3, 0.4) is 0 Å². The molecule has 21 heavy (non-hydrogen) atoms. The van der Waals surface area contributed by atoms with Crippen molar-refractivity contribution in [2.75, 3.05) is 12.4 Å². The molecule has 0 atom stereocenters. The summed E-state index contributed by atoms with van der Waals surface area (Å²) in [4.78, 5) is 18.1. The molecule has 0 aromatic carbocycles. The molecule has 3 rings (SSSR count). The maximum Gasteiger partial charge on any atom is 0.200 e. The third-order valence-electron chi connectivity index (χ3n) is 3.84. The molecule has 6 heteroatoms. The van der Waals surface area contributed by atoms with E-state index in [0.717, 1.165) is 20.6 Å². The van der Waals surface area contributed by atoms with Gasteiger partial charge in [0.15, 0.2) is 11.6 Å². The van der Waals surface area contributed by atoms with Gasteiger partial charge in [-0.25, -0.2) is 19.9 Å². The normalized spacial score (nSPS) is 15.4. The third kappa shape index (κ3) is 3.00. The minimum absolute atomic E-state index is 0.538. The average Bonchev–Trinajstić information content (AvgIpc) is 3.02. The second kappa shape index (κ2) is 6.21. The first kappa shape index (κ1) is 14.6. The van der Waals surface area contributed by atoms with Crippen LogP contribution in [0.5, 0.6) is 0 Å². The topological polar surface area (TPSA) is 63.6 Å². The molecule has 2 aromatic heterocycles. The zero-order chi connectivity index (χ0) is 14.8. The molecule has 0 aliphatic heterocycles. The first-order valence-electron chi connectivity index (χ1n) is 7.23. The lowest BCUT2D eigenvalue weighted by Gasteiger charge is -2.15. The molecule has 2 aromatic rings. The van der Waals surface area contributed by atoms with Gasteiger partial charge in [-0.05, 0) is 47.9 Å². The van der Waals surface area contributed by atoms with Crippen LogP contribution in [0.2, 0.25) is 0 Å². The highest BCUT2D eigenvalue weighted by molar-refractivity contribution is 14.1. The van der Waals surface area contributed by atoms with E-state index in [9.17, 15) is 0 Å². The Hall–Kier alpha value is -1.31. The van der Waals surface area contributed by atoms with E-state index < -0.39 is 0 Å². The van der Waals surface area contributed by atoms with Crippen molar-refractivity contribution in [1.29, 1.82) is 0 Å². The number of anilines is 1. The van der Waals surface area contributed by atoms with Gasteiger partial charge in [0.25, 0.3) is 0 Å². The fourth-order valence-corrected chi connectivity index (χ4v) is 3.66. The van der Waals surface area contributed by atoms with Gasteiger partial charge in [0.05, 0.1) is 9.26 Å². The Bertz CT molecular complexity index is 635. The number of aryl methyl sites for hydroxylation is 1. The van der Waals surface area contributed by atoms with E-state index in [2.05, 4.69) is 42.9 Å². The average molecular weight is 395 g/mol. The molecular formula is C15H18IN5. The summed E-state index contributed by atoms with van der Waals surface area (Å²) in [5.74, 6) is 2.61. The molecular weight excluding hydrogens is 377 g/mol. The highest BCUT2D eigenvalue weighted by Crippen LogP contribution is 2.37. The van der Waals surface area contributed by atoms with Crippen molar-refractivity contribution in [3.8, 4) is 11.6 Å². The minimum Gasteiger partial charge on any atom is -0.372 e. The fourth-order valence-electron chi connectivity index (χ4n) is 2.71. The van der Waals surface area contributed by atoms with E-state index >= 15 is 0 Å². The molecule has 1 saturated carbocycles. The molecule has 110 valence electrons. The van der Waals surface area contributed by atoms with E-state index in [1.807, 2.05) is 14.0 Å². The molecule has 0 amide bonds. The van der Waals surface area contributed by atoms with Crippen molar-refractivity contribution in [3.05, 3.63) is 27.2 Å². The van der Waals surface area contributed by atoms with Crippen LogP contribution in [0.1, 0.15) is 42.9 Å². The van der Waals surface area contributed by atoms with Gasteiger partial charge in [-0.3, -0.25) is 0 Å². The third-order valence-corrected chi connectivity index (χ3v) is 4.90. The number of nitrogens with zero attached hydrogens (tertiary/aromatic N) is 4. The van der Waals surface area contributed by atoms with Crippen LogP contribution < -0.4 is 5.32 Å². The van der Waals surface area contributed by atoms with Crippen LogP contribution in [0.25, 0.3) is 11.6 Å². The molecule has 0 bridgehead atoms. The highest BCUT2D eigenvalue weighted by atomic mass is 127. The van der Waals surface area contributed by atoms with Crippen LogP contribution in [-0.2, 0) is 0 Å². The van der Waals surface area contributed by atoms with Crippen LogP contribution in [0, 0.1) is 10.5 Å². The second-order valence-corrected chi connectivity index (χ2v) is 6.49. The smallest absolute Gasteiger partial charge is 0.200 e. The molecule has 1 aliphatic carbocycles. The quantitative estimate of drug-likeness (QED) is 0.806. The second-order valence-electron chi connectivity index (χ2n) is 5.41. The molecule has 0 saturated heterocycles. The molecule has 2 heterocycles. The maximum absolute atomic E-state index is 4.78. The number of rotatable bonds is 3. The number of aromatic nitrogens is 4. The standard InChI is InChI=1S/C15H18IN5/c1-9-7-18-14(19-8-9)15-20-12(10-5-3-4-6-10)11(16)13(17-2)21-15/h7-8,10H,3-6H2,1-2H3,(H,17,20,21). The van der Waals surface area contributed by atoms with Gasteiger partial charge in [0.1, 0.15) is 5.82 Å². The zero-order valence-electron chi connectivity index (χ0n) is 12.2. The lowest BCUT2D eigenvalue weighted by Crippen LogP contribution is -2.09. The van der Waals surface area contributed by atoms with Crippen molar-refractivity contribution in [2.45, 2.75) is 38.5 Å². The molecule has 1 fully saturated rings. The van der Waals surface area contributed by atoms with E-state index in [4.69, 9.17) is 4.98 Å². The summed E-state index contributed by atoms with van der Waals surface area (Å²) in [7, 11) is 1.89. The number of hydrogen-bond donors (Lipinski definition) is 1. The van der Waals surface area contributed by atoms with Crippen molar-refractivity contribution < 1.29 is 0 Å². The fraction of sp³-hybridized carbons (Fsp3) is 0.467. The predicted molar refractivity (Wildman–Crippen MR) is 91.3 cm³/mol. The Kier molecular flexibility index (Phi) is 4.32. The Labute approximate surface area is 138 Å². The Morgan fingerprint density at radius 1 is 1.10 bits per heavy atom. The Morgan fingerprint density at radius 3 is 2.38 bits per heavy atom. The van der Waals surface area contributed by atoms with Gasteiger partial charge in [-0.15, -0.1) is 0 Å². The van der Waals surface area contributed by atoms with Crippen LogP contribution in [0.4, 0.5) is 5.82 Å². The van der Waals surface area contributed by atoms with Gasteiger partial charge in [-0.2, -0.15) is 0 Å². The molecule has 1 N–H and O–H groups in total. The first-order valence-corrected chi connectivity index (χ1v) is 8.31. The van der Waals surface area contributed by atoms with Crippen molar-refractivity contribution in [2.24, 2.45) is 0 Å². The van der Waals surface area contributed by atoms with Crippen LogP contribution in [-0.4, -0.2) is 27.0 Å². The Morgan fingerprint density at radius 2 is 1.76 bits per heavy atom. The predicted octanol–water partition coefficient (Wildman–Crippen LogP) is 3.55. The molecule has 0 radical (unpaired) electrons. The number of nitrogens with one attached hydrogen (secondary N) is 1. The van der Waals surface area contributed by atoms with Crippen molar-refractivity contribution >= 4 is 28.4 Å².